The Balaban J connectivity index is 2.24. The lowest BCUT2D eigenvalue weighted by atomic mass is 10.0. The Bertz CT molecular complexity index is 268. The molecule has 1 aromatic rings. The van der Waals surface area contributed by atoms with Gasteiger partial charge in [-0.2, -0.15) is 0 Å². The Labute approximate surface area is 77.9 Å². The predicted octanol–water partition coefficient (Wildman–Crippen LogP) is 2.81. The molecule has 0 aliphatic heterocycles. The highest BCUT2D eigenvalue weighted by atomic mass is 35.5. The lowest BCUT2D eigenvalue weighted by Gasteiger charge is -2.05. The monoisotopic (exact) mass is 181 g/mol. The quantitative estimate of drug-likeness (QED) is 0.708. The molecule has 0 radical (unpaired) electrons. The average molecular weight is 182 g/mol. The first-order valence-corrected chi connectivity index (χ1v) is 4.71. The zero-order chi connectivity index (χ0) is 8.39. The van der Waals surface area contributed by atoms with Crippen LogP contribution >= 0.6 is 11.8 Å². The van der Waals surface area contributed by atoms with Gasteiger partial charge in [0, 0.05) is 6.54 Å². The van der Waals surface area contributed by atoms with Crippen molar-refractivity contribution in [3.8, 4) is 0 Å². The van der Waals surface area contributed by atoms with Crippen molar-refractivity contribution in [1.29, 1.82) is 0 Å². The second kappa shape index (κ2) is 3.46. The number of benzene rings is 1. The van der Waals surface area contributed by atoms with Gasteiger partial charge in [-0.25, -0.2) is 4.84 Å². The SMILES string of the molecule is ClNCc1ccccc1C1CC1. The minimum absolute atomic E-state index is 0.772. The fraction of sp³-hybridized carbons (Fsp3) is 0.400. The molecule has 1 nitrogen and oxygen atoms in total. The van der Waals surface area contributed by atoms with Crippen LogP contribution in [-0.4, -0.2) is 0 Å². The molecule has 0 unspecified atom stereocenters. The van der Waals surface area contributed by atoms with Gasteiger partial charge in [-0.1, -0.05) is 24.3 Å². The lowest BCUT2D eigenvalue weighted by Crippen LogP contribution is -2.01. The van der Waals surface area contributed by atoms with Crippen LogP contribution in [0.25, 0.3) is 0 Å². The summed E-state index contributed by atoms with van der Waals surface area (Å²) in [5, 5.41) is 0. The van der Waals surface area contributed by atoms with E-state index in [1.54, 1.807) is 0 Å². The first-order valence-electron chi connectivity index (χ1n) is 4.33. The van der Waals surface area contributed by atoms with Gasteiger partial charge >= 0.3 is 0 Å². The smallest absolute Gasteiger partial charge is 0.0361 e. The highest BCUT2D eigenvalue weighted by Crippen LogP contribution is 2.41. The van der Waals surface area contributed by atoms with Gasteiger partial charge in [0.1, 0.15) is 0 Å². The summed E-state index contributed by atoms with van der Waals surface area (Å²) >= 11 is 5.48. The van der Waals surface area contributed by atoms with Crippen LogP contribution in [0.1, 0.15) is 29.9 Å². The van der Waals surface area contributed by atoms with E-state index < -0.39 is 0 Å². The Hall–Kier alpha value is -0.530. The molecular formula is C10H12ClN. The molecule has 0 aromatic heterocycles. The van der Waals surface area contributed by atoms with E-state index in [2.05, 4.69) is 29.1 Å². The minimum atomic E-state index is 0.772. The molecule has 0 amide bonds. The van der Waals surface area contributed by atoms with Gasteiger partial charge in [-0.05, 0) is 41.7 Å². The highest BCUT2D eigenvalue weighted by molar-refractivity contribution is 6.13. The number of hydrogen-bond donors (Lipinski definition) is 1. The van der Waals surface area contributed by atoms with Crippen molar-refractivity contribution in [2.45, 2.75) is 25.3 Å². The molecule has 2 rings (SSSR count). The maximum atomic E-state index is 5.48. The summed E-state index contributed by atoms with van der Waals surface area (Å²) in [4.78, 5) is 2.68. The lowest BCUT2D eigenvalue weighted by molar-refractivity contribution is 0.927. The maximum Gasteiger partial charge on any atom is 0.0361 e. The Morgan fingerprint density at radius 1 is 1.33 bits per heavy atom. The fourth-order valence-corrected chi connectivity index (χ4v) is 1.70. The number of rotatable bonds is 3. The molecule has 1 N–H and O–H groups in total. The second-order valence-electron chi connectivity index (χ2n) is 3.28. The van der Waals surface area contributed by atoms with E-state index in [0.29, 0.717) is 0 Å². The van der Waals surface area contributed by atoms with Crippen LogP contribution in [0.5, 0.6) is 0 Å². The molecule has 64 valence electrons. The van der Waals surface area contributed by atoms with Gasteiger partial charge in [0.2, 0.25) is 0 Å². The van der Waals surface area contributed by atoms with Crippen molar-refractivity contribution in [3.63, 3.8) is 0 Å². The predicted molar refractivity (Wildman–Crippen MR) is 51.1 cm³/mol. The van der Waals surface area contributed by atoms with Crippen molar-refractivity contribution in [2.75, 3.05) is 0 Å². The molecule has 1 aromatic carbocycles. The molecule has 1 saturated carbocycles. The standard InChI is InChI=1S/C10H12ClN/c11-12-7-9-3-1-2-4-10(9)8-5-6-8/h1-4,8,12H,5-7H2. The van der Waals surface area contributed by atoms with E-state index in [4.69, 9.17) is 11.8 Å². The maximum absolute atomic E-state index is 5.48. The molecule has 0 spiro atoms. The van der Waals surface area contributed by atoms with Crippen LogP contribution in [0.15, 0.2) is 24.3 Å². The summed E-state index contributed by atoms with van der Waals surface area (Å²) in [6, 6.07) is 8.52. The van der Waals surface area contributed by atoms with E-state index in [1.165, 1.54) is 24.0 Å². The molecule has 0 saturated heterocycles. The molecule has 12 heavy (non-hydrogen) atoms. The number of nitrogens with one attached hydrogen (secondary N) is 1. The second-order valence-corrected chi connectivity index (χ2v) is 3.55. The summed E-state index contributed by atoms with van der Waals surface area (Å²) in [7, 11) is 0. The van der Waals surface area contributed by atoms with Crippen molar-refractivity contribution in [2.24, 2.45) is 0 Å². The van der Waals surface area contributed by atoms with Gasteiger partial charge in [0.05, 0.1) is 0 Å². The molecule has 0 bridgehead atoms. The first-order chi connectivity index (χ1) is 5.92. The third-order valence-electron chi connectivity index (χ3n) is 2.33. The van der Waals surface area contributed by atoms with E-state index in [1.807, 2.05) is 0 Å². The average Bonchev–Trinajstić information content (AvgIpc) is 2.89. The zero-order valence-corrected chi connectivity index (χ0v) is 7.64. The van der Waals surface area contributed by atoms with E-state index in [9.17, 15) is 0 Å². The highest BCUT2D eigenvalue weighted by Gasteiger charge is 2.25. The molecule has 0 atom stereocenters. The molecule has 1 aliphatic rings. The van der Waals surface area contributed by atoms with Crippen LogP contribution in [0, 0.1) is 0 Å². The topological polar surface area (TPSA) is 12.0 Å². The summed E-state index contributed by atoms with van der Waals surface area (Å²) in [5.74, 6) is 0.811. The largest absolute Gasteiger partial charge is 0.229 e. The summed E-state index contributed by atoms with van der Waals surface area (Å²) in [5.41, 5.74) is 2.82. The summed E-state index contributed by atoms with van der Waals surface area (Å²) in [6.07, 6.45) is 2.69. The molecule has 0 heterocycles. The zero-order valence-electron chi connectivity index (χ0n) is 6.89. The Kier molecular flexibility index (Phi) is 2.33. The van der Waals surface area contributed by atoms with Gasteiger partial charge in [0.25, 0.3) is 0 Å². The van der Waals surface area contributed by atoms with E-state index in [0.717, 1.165) is 12.5 Å². The minimum Gasteiger partial charge on any atom is -0.229 e. The van der Waals surface area contributed by atoms with Crippen LogP contribution in [0.3, 0.4) is 0 Å². The van der Waals surface area contributed by atoms with E-state index in [-0.39, 0.29) is 0 Å². The van der Waals surface area contributed by atoms with Crippen molar-refractivity contribution >= 4 is 11.8 Å². The van der Waals surface area contributed by atoms with Gasteiger partial charge in [-0.3, -0.25) is 0 Å². The van der Waals surface area contributed by atoms with Crippen LogP contribution in [0.2, 0.25) is 0 Å². The van der Waals surface area contributed by atoms with Gasteiger partial charge in [-0.15, -0.1) is 0 Å². The number of halogens is 1. The molecule has 1 fully saturated rings. The van der Waals surface area contributed by atoms with Crippen LogP contribution in [-0.2, 0) is 6.54 Å². The first kappa shape index (κ1) is 8.09. The summed E-state index contributed by atoms with van der Waals surface area (Å²) < 4.78 is 0. The normalized spacial score (nSPS) is 16.4. The fourth-order valence-electron chi connectivity index (χ4n) is 1.56. The Morgan fingerprint density at radius 3 is 2.75 bits per heavy atom. The number of hydrogen-bond acceptors (Lipinski definition) is 1. The van der Waals surface area contributed by atoms with Gasteiger partial charge < -0.3 is 0 Å². The Morgan fingerprint density at radius 2 is 2.08 bits per heavy atom. The molecule has 1 aliphatic carbocycles. The van der Waals surface area contributed by atoms with Gasteiger partial charge in [0.15, 0.2) is 0 Å². The molecular weight excluding hydrogens is 170 g/mol. The van der Waals surface area contributed by atoms with Crippen molar-refractivity contribution in [1.82, 2.24) is 4.84 Å². The van der Waals surface area contributed by atoms with Crippen LogP contribution in [0.4, 0.5) is 0 Å². The van der Waals surface area contributed by atoms with Crippen LogP contribution < -0.4 is 4.84 Å². The third kappa shape index (κ3) is 1.62. The summed E-state index contributed by atoms with van der Waals surface area (Å²) in [6.45, 7) is 0.772. The molecule has 2 heteroatoms. The third-order valence-corrected chi connectivity index (χ3v) is 2.46. The van der Waals surface area contributed by atoms with Crippen molar-refractivity contribution < 1.29 is 0 Å². The van der Waals surface area contributed by atoms with E-state index >= 15 is 0 Å². The van der Waals surface area contributed by atoms with Crippen molar-refractivity contribution in [3.05, 3.63) is 35.4 Å².